The van der Waals surface area contributed by atoms with E-state index in [0.717, 1.165) is 0 Å². The van der Waals surface area contributed by atoms with Crippen molar-refractivity contribution >= 4 is 17.0 Å². The Morgan fingerprint density at radius 1 is 0.923 bits per heavy atom. The molecule has 26 heavy (non-hydrogen) atoms. The first-order valence-electron chi connectivity index (χ1n) is 8.39. The molecule has 3 aromatic rings. The van der Waals surface area contributed by atoms with E-state index in [1.54, 1.807) is 6.56 Å². The number of allylic oxidation sites excluding steroid dienone is 5. The summed E-state index contributed by atoms with van der Waals surface area (Å²) >= 11 is -0.722. The molecule has 1 nitrogen and oxygen atoms in total. The summed E-state index contributed by atoms with van der Waals surface area (Å²) in [5, 5.41) is 1.33. The van der Waals surface area contributed by atoms with Crippen LogP contribution in [-0.2, 0) is 23.2 Å². The molecule has 0 radical (unpaired) electrons. The van der Waals surface area contributed by atoms with Crippen molar-refractivity contribution in [3.8, 4) is 0 Å². The van der Waals surface area contributed by atoms with E-state index < -0.39 is 23.2 Å². The number of para-hydroxylation sites is 1. The minimum Gasteiger partial charge on any atom is -1.00 e. The van der Waals surface area contributed by atoms with Crippen LogP contribution in [0.25, 0.3) is 17.0 Å². The molecule has 0 aliphatic heterocycles. The molecule has 0 amide bonds. The number of nitrogens with zero attached hydrogens (tertiary/aromatic N) is 1. The van der Waals surface area contributed by atoms with Gasteiger partial charge in [-0.3, -0.25) is 0 Å². The van der Waals surface area contributed by atoms with E-state index in [4.69, 9.17) is 0 Å². The third-order valence-electron chi connectivity index (χ3n) is 4.88. The Labute approximate surface area is 177 Å². The van der Waals surface area contributed by atoms with Gasteiger partial charge in [0.15, 0.2) is 0 Å². The smallest absolute Gasteiger partial charge is 1.00 e. The van der Waals surface area contributed by atoms with E-state index in [-0.39, 0.29) is 24.8 Å². The summed E-state index contributed by atoms with van der Waals surface area (Å²) in [5.41, 5.74) is 4.20. The maximum absolute atomic E-state index is 2.48. The Morgan fingerprint density at radius 2 is 1.73 bits per heavy atom. The van der Waals surface area contributed by atoms with E-state index in [0.29, 0.717) is 6.04 Å². The molecule has 1 aromatic heterocycles. The number of fused-ring (bicyclic) bond motifs is 2. The standard InChI is InChI=1S/C17H12N.C5H5.2ClH.Zr/c1-3-7-15-13(5-1)9-10-17(15)18-12-11-14-6-2-4-8-16(14)18;1-2-4-5-3-1;;;/h1-9,11-12,17H;1-3H,4H2;2*1H;/q;;;;+2/p-2. The van der Waals surface area contributed by atoms with Crippen LogP contribution in [0, 0.1) is 0 Å². The van der Waals surface area contributed by atoms with Gasteiger partial charge in [-0.2, -0.15) is 0 Å². The van der Waals surface area contributed by atoms with Crippen LogP contribution in [0.1, 0.15) is 23.6 Å². The summed E-state index contributed by atoms with van der Waals surface area (Å²) in [6, 6.07) is 20.3. The molecule has 2 aliphatic rings. The van der Waals surface area contributed by atoms with Gasteiger partial charge in [0, 0.05) is 0 Å². The minimum atomic E-state index is -0.722. The molecule has 1 atom stereocenters. The van der Waals surface area contributed by atoms with E-state index in [2.05, 4.69) is 89.7 Å². The number of hydrogen-bond donors (Lipinski definition) is 0. The third-order valence-corrected chi connectivity index (χ3v) is 8.32. The Kier molecular flexibility index (Phi) is 6.07. The van der Waals surface area contributed by atoms with Crippen LogP contribution in [-0.4, -0.2) is 4.57 Å². The zero-order valence-electron chi connectivity index (χ0n) is 14.1. The van der Waals surface area contributed by atoms with Gasteiger partial charge in [-0.1, -0.05) is 0 Å². The van der Waals surface area contributed by atoms with Gasteiger partial charge in [-0.05, 0) is 0 Å². The zero-order chi connectivity index (χ0) is 15.9. The first-order chi connectivity index (χ1) is 11.9. The fourth-order valence-electron chi connectivity index (χ4n) is 3.76. The second-order valence-electron chi connectivity index (χ2n) is 6.36. The van der Waals surface area contributed by atoms with Gasteiger partial charge >= 0.3 is 154 Å². The first-order valence-corrected chi connectivity index (χ1v) is 10.8. The molecular formula is C22H17Cl2NZr. The molecule has 2 aliphatic carbocycles. The molecule has 1 heterocycles. The molecule has 0 fully saturated rings. The monoisotopic (exact) mass is 455 g/mol. The average Bonchev–Trinajstić information content (AvgIpc) is 3.33. The van der Waals surface area contributed by atoms with Gasteiger partial charge < -0.3 is 24.8 Å². The van der Waals surface area contributed by atoms with Crippen LogP contribution in [0.2, 0.25) is 0 Å². The van der Waals surface area contributed by atoms with Crippen molar-refractivity contribution in [1.29, 1.82) is 0 Å². The molecule has 5 rings (SSSR count). The van der Waals surface area contributed by atoms with E-state index in [9.17, 15) is 0 Å². The van der Waals surface area contributed by atoms with Gasteiger partial charge in [0.05, 0.1) is 0 Å². The molecular weight excluding hydrogens is 440 g/mol. The van der Waals surface area contributed by atoms with Crippen molar-refractivity contribution in [2.45, 2.75) is 12.5 Å². The molecule has 2 aromatic carbocycles. The van der Waals surface area contributed by atoms with Crippen LogP contribution >= 0.6 is 0 Å². The predicted octanol–water partition coefficient (Wildman–Crippen LogP) is -0.480. The van der Waals surface area contributed by atoms with E-state index in [1.165, 1.54) is 28.5 Å². The maximum atomic E-state index is 2.48. The number of hydrogen-bond acceptors (Lipinski definition) is 0. The van der Waals surface area contributed by atoms with Gasteiger partial charge in [-0.25, -0.2) is 0 Å². The Morgan fingerprint density at radius 3 is 2.58 bits per heavy atom. The molecule has 0 saturated heterocycles. The van der Waals surface area contributed by atoms with Crippen molar-refractivity contribution < 1.29 is 48.0 Å². The normalized spacial score (nSPS) is 17.0. The van der Waals surface area contributed by atoms with Crippen LogP contribution < -0.4 is 24.8 Å². The molecule has 0 spiro atoms. The van der Waals surface area contributed by atoms with E-state index in [1.807, 2.05) is 0 Å². The predicted molar refractivity (Wildman–Crippen MR) is 96.3 cm³/mol. The summed E-state index contributed by atoms with van der Waals surface area (Å²) in [5.74, 6) is 0. The summed E-state index contributed by atoms with van der Waals surface area (Å²) in [6.07, 6.45) is 12.8. The molecule has 0 saturated carbocycles. The summed E-state index contributed by atoms with van der Waals surface area (Å²) < 4.78 is 5.83. The van der Waals surface area contributed by atoms with Crippen LogP contribution in [0.3, 0.4) is 0 Å². The van der Waals surface area contributed by atoms with Crippen LogP contribution in [0.5, 0.6) is 0 Å². The summed E-state index contributed by atoms with van der Waals surface area (Å²) in [6.45, 7) is 0. The SMILES string of the molecule is C1=CC[C]([Zr+2][C]2=Cc3ccccc3C2n2ccc3ccccc32)=C1.[Cl-].[Cl-]. The number of rotatable bonds is 3. The molecule has 4 heteroatoms. The Bertz CT molecular complexity index is 1030. The number of aromatic nitrogens is 1. The number of benzene rings is 2. The Balaban J connectivity index is 0.000000980. The average molecular weight is 458 g/mol. The van der Waals surface area contributed by atoms with Gasteiger partial charge in [-0.15, -0.1) is 0 Å². The fraction of sp³-hybridized carbons (Fsp3) is 0.0909. The Hall–Kier alpha value is -1.34. The number of halogens is 2. The van der Waals surface area contributed by atoms with Crippen molar-refractivity contribution in [3.05, 3.63) is 96.7 Å². The van der Waals surface area contributed by atoms with Crippen LogP contribution in [0.15, 0.2) is 85.6 Å². The molecule has 0 bridgehead atoms. The fourth-order valence-corrected chi connectivity index (χ4v) is 7.28. The first kappa shape index (κ1) is 19.4. The molecule has 1 unspecified atom stereocenters. The van der Waals surface area contributed by atoms with E-state index >= 15 is 0 Å². The molecule has 0 N–H and O–H groups in total. The van der Waals surface area contributed by atoms with Crippen molar-refractivity contribution in [2.75, 3.05) is 0 Å². The summed E-state index contributed by atoms with van der Waals surface area (Å²) in [4.78, 5) is 0. The van der Waals surface area contributed by atoms with Gasteiger partial charge in [0.25, 0.3) is 0 Å². The summed E-state index contributed by atoms with van der Waals surface area (Å²) in [7, 11) is 0. The molecule has 128 valence electrons. The largest absolute Gasteiger partial charge is 1.00 e. The van der Waals surface area contributed by atoms with Gasteiger partial charge in [0.2, 0.25) is 0 Å². The minimum absolute atomic E-state index is 0. The second-order valence-corrected chi connectivity index (χ2v) is 9.97. The third kappa shape index (κ3) is 3.31. The van der Waals surface area contributed by atoms with Crippen molar-refractivity contribution in [3.63, 3.8) is 0 Å². The quantitative estimate of drug-likeness (QED) is 0.501. The topological polar surface area (TPSA) is 4.93 Å². The van der Waals surface area contributed by atoms with Crippen molar-refractivity contribution in [1.82, 2.24) is 4.57 Å². The van der Waals surface area contributed by atoms with Crippen molar-refractivity contribution in [2.24, 2.45) is 0 Å². The second kappa shape index (κ2) is 8.13. The van der Waals surface area contributed by atoms with Crippen LogP contribution in [0.4, 0.5) is 0 Å². The van der Waals surface area contributed by atoms with Gasteiger partial charge in [0.1, 0.15) is 0 Å². The maximum Gasteiger partial charge on any atom is -1.00 e. The zero-order valence-corrected chi connectivity index (χ0v) is 18.0.